The molecule has 0 radical (unpaired) electrons. The molecule has 2 aromatic heterocycles. The average Bonchev–Trinajstić information content (AvgIpc) is 2.98. The van der Waals surface area contributed by atoms with Crippen molar-refractivity contribution in [1.29, 1.82) is 0 Å². The number of rotatable bonds is 4. The van der Waals surface area contributed by atoms with Gasteiger partial charge in [-0.1, -0.05) is 20.8 Å². The van der Waals surface area contributed by atoms with Gasteiger partial charge in [-0.15, -0.1) is 0 Å². The molecule has 0 spiro atoms. The van der Waals surface area contributed by atoms with E-state index in [9.17, 15) is 4.79 Å². The summed E-state index contributed by atoms with van der Waals surface area (Å²) in [5, 5.41) is 4.10. The second-order valence-corrected chi connectivity index (χ2v) is 6.40. The lowest BCUT2D eigenvalue weighted by Crippen LogP contribution is -2.38. The van der Waals surface area contributed by atoms with E-state index in [0.717, 1.165) is 11.3 Å². The van der Waals surface area contributed by atoms with E-state index in [-0.39, 0.29) is 11.3 Å². The summed E-state index contributed by atoms with van der Waals surface area (Å²) >= 11 is 1.65. The van der Waals surface area contributed by atoms with Crippen LogP contribution in [-0.4, -0.2) is 10.8 Å². The van der Waals surface area contributed by atoms with Gasteiger partial charge in [0.25, 0.3) is 0 Å². The molecular formula is C15H19NO2S. The second kappa shape index (κ2) is 5.61. The Morgan fingerprint density at radius 2 is 2.11 bits per heavy atom. The van der Waals surface area contributed by atoms with Crippen LogP contribution in [0.3, 0.4) is 0 Å². The van der Waals surface area contributed by atoms with Gasteiger partial charge in [-0.3, -0.25) is 4.79 Å². The molecule has 0 saturated heterocycles. The van der Waals surface area contributed by atoms with Gasteiger partial charge in [-0.25, -0.2) is 0 Å². The fraction of sp³-hybridized carbons (Fsp3) is 0.400. The molecule has 0 aliphatic rings. The van der Waals surface area contributed by atoms with Crippen LogP contribution in [0.2, 0.25) is 0 Å². The van der Waals surface area contributed by atoms with E-state index in [1.165, 1.54) is 0 Å². The predicted molar refractivity (Wildman–Crippen MR) is 76.7 cm³/mol. The molecule has 0 unspecified atom stereocenters. The zero-order chi connectivity index (χ0) is 13.9. The Balaban J connectivity index is 2.15. The quantitative estimate of drug-likeness (QED) is 0.848. The van der Waals surface area contributed by atoms with E-state index < -0.39 is 0 Å². The fourth-order valence-corrected chi connectivity index (χ4v) is 2.53. The number of hydrogen-bond acceptors (Lipinski definition) is 3. The van der Waals surface area contributed by atoms with Crippen molar-refractivity contribution in [2.24, 2.45) is 5.41 Å². The highest BCUT2D eigenvalue weighted by atomic mass is 32.1. The van der Waals surface area contributed by atoms with E-state index in [1.807, 2.05) is 43.2 Å². The molecule has 0 aromatic carbocycles. The number of nitrogens with zero attached hydrogens (tertiary/aromatic N) is 1. The third kappa shape index (κ3) is 3.70. The summed E-state index contributed by atoms with van der Waals surface area (Å²) < 4.78 is 5.35. The van der Waals surface area contributed by atoms with Gasteiger partial charge in [0.05, 0.1) is 12.8 Å². The molecule has 2 aromatic rings. The van der Waals surface area contributed by atoms with Gasteiger partial charge in [-0.05, 0) is 34.5 Å². The minimum atomic E-state index is -0.386. The molecule has 1 amide bonds. The Labute approximate surface area is 117 Å². The summed E-state index contributed by atoms with van der Waals surface area (Å²) in [6.45, 7) is 6.97. The van der Waals surface area contributed by atoms with E-state index >= 15 is 0 Å². The maximum absolute atomic E-state index is 12.5. The van der Waals surface area contributed by atoms with E-state index in [4.69, 9.17) is 4.42 Å². The maximum Gasteiger partial charge on any atom is 0.228 e. The zero-order valence-corrected chi connectivity index (χ0v) is 12.4. The molecule has 0 saturated carbocycles. The van der Waals surface area contributed by atoms with Crippen LogP contribution < -0.4 is 0 Å². The largest absolute Gasteiger partial charge is 0.467 e. The Bertz CT molecular complexity index is 473. The van der Waals surface area contributed by atoms with Crippen LogP contribution in [0.4, 0.5) is 0 Å². The van der Waals surface area contributed by atoms with E-state index in [2.05, 4.69) is 11.4 Å². The van der Waals surface area contributed by atoms with Gasteiger partial charge in [-0.2, -0.15) is 11.3 Å². The molecule has 0 bridgehead atoms. The number of hydrogen-bond donors (Lipinski definition) is 0. The molecule has 19 heavy (non-hydrogen) atoms. The molecule has 4 heteroatoms. The SMILES string of the molecule is CC(C)(C)C(=O)N(Cc1ccsc1)Cc1ccco1. The number of amides is 1. The van der Waals surface area contributed by atoms with Crippen molar-refractivity contribution < 1.29 is 9.21 Å². The summed E-state index contributed by atoms with van der Waals surface area (Å²) in [6.07, 6.45) is 1.64. The molecule has 0 aliphatic carbocycles. The van der Waals surface area contributed by atoms with Crippen molar-refractivity contribution in [3.8, 4) is 0 Å². The fourth-order valence-electron chi connectivity index (χ4n) is 1.87. The third-order valence-corrected chi connectivity index (χ3v) is 3.54. The Morgan fingerprint density at radius 3 is 2.63 bits per heavy atom. The van der Waals surface area contributed by atoms with Crippen molar-refractivity contribution in [3.63, 3.8) is 0 Å². The highest BCUT2D eigenvalue weighted by Gasteiger charge is 2.27. The summed E-state index contributed by atoms with van der Waals surface area (Å²) in [5.41, 5.74) is 0.775. The Morgan fingerprint density at radius 1 is 1.32 bits per heavy atom. The number of furan rings is 1. The van der Waals surface area contributed by atoms with Crippen LogP contribution in [0.25, 0.3) is 0 Å². The van der Waals surface area contributed by atoms with Gasteiger partial charge in [0.2, 0.25) is 5.91 Å². The molecule has 3 nitrogen and oxygen atoms in total. The zero-order valence-electron chi connectivity index (χ0n) is 11.6. The third-order valence-electron chi connectivity index (χ3n) is 2.81. The first-order valence-electron chi connectivity index (χ1n) is 6.29. The Hall–Kier alpha value is -1.55. The van der Waals surface area contributed by atoms with Crippen LogP contribution >= 0.6 is 11.3 Å². The minimum Gasteiger partial charge on any atom is -0.467 e. The predicted octanol–water partition coefficient (Wildman–Crippen LogP) is 3.92. The van der Waals surface area contributed by atoms with Crippen LogP contribution in [-0.2, 0) is 17.9 Å². The second-order valence-electron chi connectivity index (χ2n) is 5.62. The molecule has 2 rings (SSSR count). The van der Waals surface area contributed by atoms with Gasteiger partial charge in [0.1, 0.15) is 5.76 Å². The van der Waals surface area contributed by atoms with Gasteiger partial charge in [0.15, 0.2) is 0 Å². The summed E-state index contributed by atoms with van der Waals surface area (Å²) in [6, 6.07) is 5.80. The summed E-state index contributed by atoms with van der Waals surface area (Å²) in [4.78, 5) is 14.4. The molecule has 0 fully saturated rings. The van der Waals surface area contributed by atoms with Gasteiger partial charge < -0.3 is 9.32 Å². The average molecular weight is 277 g/mol. The smallest absolute Gasteiger partial charge is 0.228 e. The molecule has 0 N–H and O–H groups in total. The first-order valence-corrected chi connectivity index (χ1v) is 7.24. The number of thiophene rings is 1. The minimum absolute atomic E-state index is 0.134. The first-order chi connectivity index (χ1) is 8.97. The van der Waals surface area contributed by atoms with Crippen LogP contribution in [0, 0.1) is 5.41 Å². The van der Waals surface area contributed by atoms with Crippen LogP contribution in [0.1, 0.15) is 32.1 Å². The highest BCUT2D eigenvalue weighted by molar-refractivity contribution is 7.07. The lowest BCUT2D eigenvalue weighted by molar-refractivity contribution is -0.141. The van der Waals surface area contributed by atoms with Gasteiger partial charge in [0, 0.05) is 12.0 Å². The molecule has 0 atom stereocenters. The summed E-state index contributed by atoms with van der Waals surface area (Å²) in [5.74, 6) is 0.947. The van der Waals surface area contributed by atoms with Crippen molar-refractivity contribution in [3.05, 3.63) is 46.5 Å². The van der Waals surface area contributed by atoms with Crippen molar-refractivity contribution in [1.82, 2.24) is 4.90 Å². The lowest BCUT2D eigenvalue weighted by atomic mass is 9.94. The molecule has 2 heterocycles. The van der Waals surface area contributed by atoms with Crippen molar-refractivity contribution >= 4 is 17.2 Å². The van der Waals surface area contributed by atoms with Crippen LogP contribution in [0.15, 0.2) is 39.6 Å². The molecule has 102 valence electrons. The van der Waals surface area contributed by atoms with Crippen LogP contribution in [0.5, 0.6) is 0 Å². The monoisotopic (exact) mass is 277 g/mol. The van der Waals surface area contributed by atoms with E-state index in [1.54, 1.807) is 17.6 Å². The number of carbonyl (C=O) groups excluding carboxylic acids is 1. The van der Waals surface area contributed by atoms with E-state index in [0.29, 0.717) is 13.1 Å². The van der Waals surface area contributed by atoms with Crippen molar-refractivity contribution in [2.75, 3.05) is 0 Å². The Kier molecular flexibility index (Phi) is 4.10. The first kappa shape index (κ1) is 13.9. The lowest BCUT2D eigenvalue weighted by Gasteiger charge is -2.28. The van der Waals surface area contributed by atoms with Gasteiger partial charge >= 0.3 is 0 Å². The number of carbonyl (C=O) groups is 1. The highest BCUT2D eigenvalue weighted by Crippen LogP contribution is 2.22. The molecule has 0 aliphatic heterocycles. The summed E-state index contributed by atoms with van der Waals surface area (Å²) in [7, 11) is 0. The standard InChI is InChI=1S/C15H19NO2S/c1-15(2,3)14(17)16(9-12-6-8-19-11-12)10-13-5-4-7-18-13/h4-8,11H,9-10H2,1-3H3. The topological polar surface area (TPSA) is 33.5 Å². The van der Waals surface area contributed by atoms with Crippen molar-refractivity contribution in [2.45, 2.75) is 33.9 Å². The maximum atomic E-state index is 12.5. The molecular weight excluding hydrogens is 258 g/mol. The normalized spacial score (nSPS) is 11.5.